The number of H-pyrrole nitrogens is 1. The van der Waals surface area contributed by atoms with Gasteiger partial charge in [-0.15, -0.1) is 0 Å². The van der Waals surface area contributed by atoms with Crippen molar-refractivity contribution in [3.63, 3.8) is 0 Å². The van der Waals surface area contributed by atoms with Crippen molar-refractivity contribution in [2.45, 2.75) is 12.5 Å². The predicted octanol–water partition coefficient (Wildman–Crippen LogP) is -0.932. The van der Waals surface area contributed by atoms with Crippen LogP contribution < -0.4 is 16.0 Å². The molecule has 0 spiro atoms. The van der Waals surface area contributed by atoms with Gasteiger partial charge in [0.25, 0.3) is 5.91 Å². The highest BCUT2D eigenvalue weighted by Crippen LogP contribution is 1.99. The fourth-order valence-electron chi connectivity index (χ4n) is 2.15. The number of hydrogen-bond donors (Lipinski definition) is 5. The zero-order valence-electron chi connectivity index (χ0n) is 14.3. The van der Waals surface area contributed by atoms with Gasteiger partial charge in [-0.3, -0.25) is 14.4 Å². The summed E-state index contributed by atoms with van der Waals surface area (Å²) in [4.78, 5) is 53.2. The van der Waals surface area contributed by atoms with E-state index in [0.29, 0.717) is 11.3 Å². The Balaban J connectivity index is 1.72. The molecule has 3 amide bonds. The van der Waals surface area contributed by atoms with Gasteiger partial charge in [-0.1, -0.05) is 18.2 Å². The van der Waals surface area contributed by atoms with Gasteiger partial charge in [-0.2, -0.15) is 0 Å². The second-order valence-electron chi connectivity index (χ2n) is 5.55. The summed E-state index contributed by atoms with van der Waals surface area (Å²) >= 11 is 0. The molecule has 10 heteroatoms. The molecule has 0 aliphatic heterocycles. The monoisotopic (exact) mass is 373 g/mol. The second-order valence-corrected chi connectivity index (χ2v) is 5.55. The van der Waals surface area contributed by atoms with Crippen LogP contribution in [0, 0.1) is 0 Å². The first-order valence-electron chi connectivity index (χ1n) is 8.05. The zero-order chi connectivity index (χ0) is 19.6. The Labute approximate surface area is 154 Å². The maximum Gasteiger partial charge on any atom is 0.326 e. The van der Waals surface area contributed by atoms with E-state index in [1.807, 2.05) is 0 Å². The molecule has 142 valence electrons. The van der Waals surface area contributed by atoms with E-state index in [1.54, 1.807) is 30.3 Å². The number of aromatic amines is 1. The number of carbonyl (C=O) groups excluding carboxylic acids is 3. The highest BCUT2D eigenvalue weighted by molar-refractivity contribution is 5.96. The van der Waals surface area contributed by atoms with Gasteiger partial charge in [0.2, 0.25) is 11.8 Å². The highest BCUT2D eigenvalue weighted by Gasteiger charge is 2.21. The van der Waals surface area contributed by atoms with Crippen molar-refractivity contribution in [3.8, 4) is 0 Å². The first-order valence-corrected chi connectivity index (χ1v) is 8.05. The van der Waals surface area contributed by atoms with Crippen molar-refractivity contribution < 1.29 is 24.3 Å². The number of carbonyl (C=O) groups is 4. The maximum atomic E-state index is 11.8. The van der Waals surface area contributed by atoms with E-state index in [-0.39, 0.29) is 13.0 Å². The summed E-state index contributed by atoms with van der Waals surface area (Å²) in [7, 11) is 0. The van der Waals surface area contributed by atoms with Gasteiger partial charge in [-0.05, 0) is 12.1 Å². The van der Waals surface area contributed by atoms with Crippen LogP contribution in [0.5, 0.6) is 0 Å². The smallest absolute Gasteiger partial charge is 0.326 e. The van der Waals surface area contributed by atoms with Crippen LogP contribution in [0.15, 0.2) is 42.9 Å². The average Bonchev–Trinajstić information content (AvgIpc) is 3.17. The molecule has 27 heavy (non-hydrogen) atoms. The molecule has 2 aromatic rings. The summed E-state index contributed by atoms with van der Waals surface area (Å²) in [5, 5.41) is 16.2. The van der Waals surface area contributed by atoms with Gasteiger partial charge in [0.15, 0.2) is 0 Å². The van der Waals surface area contributed by atoms with Crippen LogP contribution in [-0.2, 0) is 20.8 Å². The fraction of sp³-hybridized carbons (Fsp3) is 0.235. The van der Waals surface area contributed by atoms with Gasteiger partial charge in [-0.25, -0.2) is 9.78 Å². The van der Waals surface area contributed by atoms with Crippen molar-refractivity contribution in [1.82, 2.24) is 25.9 Å². The number of imidazole rings is 1. The van der Waals surface area contributed by atoms with Crippen molar-refractivity contribution >= 4 is 23.7 Å². The third-order valence-electron chi connectivity index (χ3n) is 3.49. The number of nitrogens with zero attached hydrogens (tertiary/aromatic N) is 1. The molecule has 1 aromatic carbocycles. The van der Waals surface area contributed by atoms with Crippen molar-refractivity contribution in [3.05, 3.63) is 54.1 Å². The van der Waals surface area contributed by atoms with E-state index < -0.39 is 36.3 Å². The number of amides is 3. The summed E-state index contributed by atoms with van der Waals surface area (Å²) in [6, 6.07) is 7.19. The van der Waals surface area contributed by atoms with Crippen LogP contribution in [-0.4, -0.2) is 57.9 Å². The molecular formula is C17H19N5O5. The van der Waals surface area contributed by atoms with E-state index in [4.69, 9.17) is 5.11 Å². The van der Waals surface area contributed by atoms with Gasteiger partial charge in [0.1, 0.15) is 6.04 Å². The third kappa shape index (κ3) is 6.61. The van der Waals surface area contributed by atoms with E-state index in [9.17, 15) is 19.2 Å². The number of hydrogen-bond acceptors (Lipinski definition) is 5. The molecule has 2 rings (SSSR count). The topological polar surface area (TPSA) is 153 Å². The second kappa shape index (κ2) is 9.70. The summed E-state index contributed by atoms with van der Waals surface area (Å²) in [6.45, 7) is -0.721. The lowest BCUT2D eigenvalue weighted by Crippen LogP contribution is -2.47. The van der Waals surface area contributed by atoms with E-state index in [2.05, 4.69) is 25.9 Å². The molecule has 1 aromatic heterocycles. The predicted molar refractivity (Wildman–Crippen MR) is 93.6 cm³/mol. The molecule has 0 bridgehead atoms. The highest BCUT2D eigenvalue weighted by atomic mass is 16.4. The van der Waals surface area contributed by atoms with Gasteiger partial charge < -0.3 is 26.0 Å². The zero-order valence-corrected chi connectivity index (χ0v) is 14.3. The summed E-state index contributed by atoms with van der Waals surface area (Å²) < 4.78 is 0. The minimum Gasteiger partial charge on any atom is -0.480 e. The van der Waals surface area contributed by atoms with Crippen LogP contribution >= 0.6 is 0 Å². The first-order chi connectivity index (χ1) is 13.0. The number of carboxylic acids is 1. The Hall–Kier alpha value is -3.69. The fourth-order valence-corrected chi connectivity index (χ4v) is 2.15. The first kappa shape index (κ1) is 19.6. The molecule has 10 nitrogen and oxygen atoms in total. The molecule has 0 radical (unpaired) electrons. The van der Waals surface area contributed by atoms with Crippen LogP contribution in [0.1, 0.15) is 16.1 Å². The van der Waals surface area contributed by atoms with Gasteiger partial charge >= 0.3 is 5.97 Å². The third-order valence-corrected chi connectivity index (χ3v) is 3.49. The number of rotatable bonds is 9. The number of carboxylic acid groups (broad SMARTS) is 1. The van der Waals surface area contributed by atoms with Crippen molar-refractivity contribution in [2.24, 2.45) is 0 Å². The largest absolute Gasteiger partial charge is 0.480 e. The Morgan fingerprint density at radius 1 is 1.04 bits per heavy atom. The van der Waals surface area contributed by atoms with Crippen molar-refractivity contribution in [1.29, 1.82) is 0 Å². The molecule has 1 heterocycles. The van der Waals surface area contributed by atoms with E-state index in [1.165, 1.54) is 12.5 Å². The summed E-state index contributed by atoms with van der Waals surface area (Å²) in [5.74, 6) is -2.87. The lowest BCUT2D eigenvalue weighted by atomic mass is 10.1. The van der Waals surface area contributed by atoms with Gasteiger partial charge in [0.05, 0.1) is 25.1 Å². The molecule has 0 aliphatic rings. The van der Waals surface area contributed by atoms with E-state index in [0.717, 1.165) is 0 Å². The van der Waals surface area contributed by atoms with Crippen molar-refractivity contribution in [2.75, 3.05) is 13.1 Å². The summed E-state index contributed by atoms with van der Waals surface area (Å²) in [5.41, 5.74) is 0.890. The van der Waals surface area contributed by atoms with Crippen LogP contribution in [0.2, 0.25) is 0 Å². The lowest BCUT2D eigenvalue weighted by Gasteiger charge is -2.14. The number of nitrogens with one attached hydrogen (secondary N) is 4. The Morgan fingerprint density at radius 2 is 1.74 bits per heavy atom. The standard InChI is InChI=1S/C17H19N5O5/c23-14(8-20-16(25)11-4-2-1-3-5-11)19-9-15(24)22-13(17(26)27)6-12-7-18-10-21-12/h1-5,7,10,13H,6,8-9H2,(H,18,21)(H,19,23)(H,20,25)(H,22,24)(H,26,27). The van der Waals surface area contributed by atoms with Crippen LogP contribution in [0.4, 0.5) is 0 Å². The molecule has 1 unspecified atom stereocenters. The van der Waals surface area contributed by atoms with Gasteiger partial charge in [0, 0.05) is 18.2 Å². The molecule has 0 aliphatic carbocycles. The Bertz CT molecular complexity index is 791. The molecule has 0 fully saturated rings. The Kier molecular flexibility index (Phi) is 7.06. The van der Waals surface area contributed by atoms with E-state index >= 15 is 0 Å². The van der Waals surface area contributed by atoms with Crippen LogP contribution in [0.3, 0.4) is 0 Å². The SMILES string of the molecule is O=C(CNC(=O)c1ccccc1)NCC(=O)NC(Cc1c[nH]cn1)C(=O)O. The molecule has 0 saturated heterocycles. The lowest BCUT2D eigenvalue weighted by molar-refractivity contribution is -0.141. The average molecular weight is 373 g/mol. The minimum absolute atomic E-state index is 0.00561. The maximum absolute atomic E-state index is 11.8. The molecule has 0 saturated carbocycles. The summed E-state index contributed by atoms with van der Waals surface area (Å²) in [6.07, 6.45) is 2.94. The number of aromatic nitrogens is 2. The van der Waals surface area contributed by atoms with Crippen LogP contribution in [0.25, 0.3) is 0 Å². The number of benzene rings is 1. The normalized spacial score (nSPS) is 11.3. The number of aliphatic carboxylic acids is 1. The molecule has 5 N–H and O–H groups in total. The molecule has 1 atom stereocenters. The Morgan fingerprint density at radius 3 is 2.37 bits per heavy atom. The minimum atomic E-state index is -1.21. The molecular weight excluding hydrogens is 354 g/mol. The quantitative estimate of drug-likeness (QED) is 0.383.